The van der Waals surface area contributed by atoms with Crippen LogP contribution in [0.15, 0.2) is 30.3 Å². The number of hydrogen-bond acceptors (Lipinski definition) is 2. The summed E-state index contributed by atoms with van der Waals surface area (Å²) in [6.45, 7) is 0.686. The molecule has 0 aromatic heterocycles. The molecule has 0 bridgehead atoms. The van der Waals surface area contributed by atoms with E-state index in [0.717, 1.165) is 17.7 Å². The average Bonchev–Trinajstić information content (AvgIpc) is 2.19. The third-order valence-corrected chi connectivity index (χ3v) is 1.77. The van der Waals surface area contributed by atoms with E-state index in [4.69, 9.17) is 10.5 Å². The molecule has 1 aromatic carbocycles. The Morgan fingerprint density at radius 2 is 2.15 bits per heavy atom. The predicted octanol–water partition coefficient (Wildman–Crippen LogP) is 2.06. The molecule has 0 heterocycles. The van der Waals surface area contributed by atoms with Crippen LogP contribution in [-0.2, 0) is 0 Å². The van der Waals surface area contributed by atoms with Gasteiger partial charge in [-0.25, -0.2) is 0 Å². The van der Waals surface area contributed by atoms with Gasteiger partial charge in [-0.05, 0) is 19.0 Å². The van der Waals surface area contributed by atoms with Crippen molar-refractivity contribution in [2.24, 2.45) is 5.73 Å². The zero-order chi connectivity index (χ0) is 9.52. The molecular formula is C11H15NO. The van der Waals surface area contributed by atoms with Gasteiger partial charge in [-0.15, -0.1) is 0 Å². The highest BCUT2D eigenvalue weighted by Crippen LogP contribution is 2.18. The highest BCUT2D eigenvalue weighted by Gasteiger charge is 1.94. The van der Waals surface area contributed by atoms with E-state index in [1.165, 1.54) is 0 Å². The lowest BCUT2D eigenvalue weighted by molar-refractivity contribution is 0.414. The van der Waals surface area contributed by atoms with Gasteiger partial charge in [0.05, 0.1) is 7.11 Å². The van der Waals surface area contributed by atoms with Crippen LogP contribution in [0.5, 0.6) is 5.75 Å². The van der Waals surface area contributed by atoms with Crippen molar-refractivity contribution in [3.05, 3.63) is 35.9 Å². The lowest BCUT2D eigenvalue weighted by Gasteiger charge is -2.02. The quantitative estimate of drug-likeness (QED) is 0.764. The molecule has 0 radical (unpaired) electrons. The van der Waals surface area contributed by atoms with Gasteiger partial charge in [0.2, 0.25) is 0 Å². The van der Waals surface area contributed by atoms with Crippen molar-refractivity contribution in [2.45, 2.75) is 6.42 Å². The van der Waals surface area contributed by atoms with Crippen molar-refractivity contribution < 1.29 is 4.74 Å². The number of hydrogen-bond donors (Lipinski definition) is 1. The second-order valence-corrected chi connectivity index (χ2v) is 2.72. The van der Waals surface area contributed by atoms with Crippen LogP contribution in [0.2, 0.25) is 0 Å². The van der Waals surface area contributed by atoms with E-state index >= 15 is 0 Å². The van der Waals surface area contributed by atoms with Crippen LogP contribution in [0.4, 0.5) is 0 Å². The largest absolute Gasteiger partial charge is 0.496 e. The monoisotopic (exact) mass is 177 g/mol. The molecule has 0 unspecified atom stereocenters. The Labute approximate surface area is 79.0 Å². The topological polar surface area (TPSA) is 35.2 Å². The first kappa shape index (κ1) is 9.81. The molecule has 1 aromatic rings. The van der Waals surface area contributed by atoms with E-state index in [1.54, 1.807) is 7.11 Å². The second-order valence-electron chi connectivity index (χ2n) is 2.72. The molecule has 0 atom stereocenters. The maximum atomic E-state index is 5.38. The van der Waals surface area contributed by atoms with Crippen LogP contribution < -0.4 is 10.5 Å². The molecular weight excluding hydrogens is 162 g/mol. The maximum absolute atomic E-state index is 5.38. The van der Waals surface area contributed by atoms with Crippen LogP contribution in [-0.4, -0.2) is 13.7 Å². The van der Waals surface area contributed by atoms with Gasteiger partial charge in [-0.1, -0.05) is 30.4 Å². The number of nitrogens with two attached hydrogens (primary N) is 1. The Kier molecular flexibility index (Phi) is 4.06. The molecule has 0 aliphatic rings. The summed E-state index contributed by atoms with van der Waals surface area (Å²) in [5.74, 6) is 0.899. The molecule has 0 aliphatic heterocycles. The molecule has 2 N–H and O–H groups in total. The molecule has 0 fully saturated rings. The fourth-order valence-electron chi connectivity index (χ4n) is 1.11. The SMILES string of the molecule is COc1ccccc1C=CCCN. The first-order valence-electron chi connectivity index (χ1n) is 4.38. The molecule has 70 valence electrons. The Bertz CT molecular complexity index is 281. The standard InChI is InChI=1S/C11H15NO/c1-13-11-8-3-2-6-10(11)7-4-5-9-12/h2-4,6-8H,5,9,12H2,1H3. The van der Waals surface area contributed by atoms with Gasteiger partial charge >= 0.3 is 0 Å². The first-order valence-corrected chi connectivity index (χ1v) is 4.38. The summed E-state index contributed by atoms with van der Waals surface area (Å²) in [5.41, 5.74) is 6.48. The zero-order valence-electron chi connectivity index (χ0n) is 7.86. The number of ether oxygens (including phenoxy) is 1. The zero-order valence-corrected chi connectivity index (χ0v) is 7.86. The molecule has 13 heavy (non-hydrogen) atoms. The highest BCUT2D eigenvalue weighted by molar-refractivity contribution is 5.56. The van der Waals surface area contributed by atoms with Crippen molar-refractivity contribution in [3.63, 3.8) is 0 Å². The van der Waals surface area contributed by atoms with Gasteiger partial charge in [0, 0.05) is 5.56 Å². The van der Waals surface area contributed by atoms with E-state index in [0.29, 0.717) is 6.54 Å². The summed E-state index contributed by atoms with van der Waals surface area (Å²) < 4.78 is 5.19. The van der Waals surface area contributed by atoms with Crippen molar-refractivity contribution in [1.82, 2.24) is 0 Å². The summed E-state index contributed by atoms with van der Waals surface area (Å²) in [6.07, 6.45) is 4.99. The fraction of sp³-hybridized carbons (Fsp3) is 0.273. The molecule has 2 heteroatoms. The third-order valence-electron chi connectivity index (χ3n) is 1.77. The smallest absolute Gasteiger partial charge is 0.126 e. The maximum Gasteiger partial charge on any atom is 0.126 e. The van der Waals surface area contributed by atoms with Gasteiger partial charge in [-0.2, -0.15) is 0 Å². The van der Waals surface area contributed by atoms with Crippen LogP contribution in [0.25, 0.3) is 6.08 Å². The summed E-state index contributed by atoms with van der Waals surface area (Å²) in [7, 11) is 1.68. The minimum Gasteiger partial charge on any atom is -0.496 e. The summed E-state index contributed by atoms with van der Waals surface area (Å²) in [4.78, 5) is 0. The Morgan fingerprint density at radius 1 is 1.38 bits per heavy atom. The van der Waals surface area contributed by atoms with Gasteiger partial charge in [0.25, 0.3) is 0 Å². The van der Waals surface area contributed by atoms with E-state index in [-0.39, 0.29) is 0 Å². The van der Waals surface area contributed by atoms with E-state index in [9.17, 15) is 0 Å². The van der Waals surface area contributed by atoms with Crippen molar-refractivity contribution in [2.75, 3.05) is 13.7 Å². The summed E-state index contributed by atoms with van der Waals surface area (Å²) in [6, 6.07) is 7.91. The molecule has 0 amide bonds. The van der Waals surface area contributed by atoms with Crippen molar-refractivity contribution >= 4 is 6.08 Å². The van der Waals surface area contributed by atoms with E-state index in [2.05, 4.69) is 6.08 Å². The lowest BCUT2D eigenvalue weighted by atomic mass is 10.2. The van der Waals surface area contributed by atoms with Crippen molar-refractivity contribution in [1.29, 1.82) is 0 Å². The average molecular weight is 177 g/mol. The Hall–Kier alpha value is -1.28. The minimum absolute atomic E-state index is 0.686. The minimum atomic E-state index is 0.686. The molecule has 2 nitrogen and oxygen atoms in total. The first-order chi connectivity index (χ1) is 6.38. The molecule has 0 aliphatic carbocycles. The van der Waals surface area contributed by atoms with Gasteiger partial charge in [0.1, 0.15) is 5.75 Å². The number of rotatable bonds is 4. The number of benzene rings is 1. The second kappa shape index (κ2) is 5.38. The summed E-state index contributed by atoms with van der Waals surface area (Å²) in [5, 5.41) is 0. The van der Waals surface area contributed by atoms with Gasteiger partial charge < -0.3 is 10.5 Å². The summed E-state index contributed by atoms with van der Waals surface area (Å²) >= 11 is 0. The van der Waals surface area contributed by atoms with Crippen LogP contribution >= 0.6 is 0 Å². The van der Waals surface area contributed by atoms with Crippen LogP contribution in [0.1, 0.15) is 12.0 Å². The molecule has 1 rings (SSSR count). The Morgan fingerprint density at radius 3 is 2.85 bits per heavy atom. The normalized spacial score (nSPS) is 10.6. The van der Waals surface area contributed by atoms with Crippen molar-refractivity contribution in [3.8, 4) is 5.75 Å². The highest BCUT2D eigenvalue weighted by atomic mass is 16.5. The number of methoxy groups -OCH3 is 1. The third kappa shape index (κ3) is 2.92. The van der Waals surface area contributed by atoms with Crippen LogP contribution in [0, 0.1) is 0 Å². The van der Waals surface area contributed by atoms with E-state index in [1.807, 2.05) is 30.3 Å². The Balaban J connectivity index is 2.74. The number of para-hydroxylation sites is 1. The lowest BCUT2D eigenvalue weighted by Crippen LogP contribution is -1.95. The fourth-order valence-corrected chi connectivity index (χ4v) is 1.11. The predicted molar refractivity (Wildman–Crippen MR) is 55.7 cm³/mol. The van der Waals surface area contributed by atoms with Gasteiger partial charge in [-0.3, -0.25) is 0 Å². The van der Waals surface area contributed by atoms with Crippen LogP contribution in [0.3, 0.4) is 0 Å². The molecule has 0 saturated heterocycles. The van der Waals surface area contributed by atoms with E-state index < -0.39 is 0 Å². The molecule has 0 spiro atoms. The molecule has 0 saturated carbocycles. The van der Waals surface area contributed by atoms with Gasteiger partial charge in [0.15, 0.2) is 0 Å².